The van der Waals surface area contributed by atoms with Gasteiger partial charge < -0.3 is 44.0 Å². The average molecular weight is 734 g/mol. The van der Waals surface area contributed by atoms with E-state index in [4.69, 9.17) is 28.4 Å². The zero-order chi connectivity index (χ0) is 38.9. The lowest BCUT2D eigenvalue weighted by Gasteiger charge is -2.67. The van der Waals surface area contributed by atoms with E-state index in [1.807, 2.05) is 13.8 Å². The normalized spacial score (nSPS) is 36.8. The monoisotopic (exact) mass is 733 g/mol. The third-order valence-corrected chi connectivity index (χ3v) is 11.3. The molecule has 1 spiro atoms. The Balaban J connectivity index is 1.56. The van der Waals surface area contributed by atoms with Crippen LogP contribution in [-0.2, 0) is 52.4 Å². The SMILES string of the molecule is COC(=O)[C@@]12OC[C@]34C([C@@H](O)[C@@H]1O)[C@@]1(C)CC(=O)C(OC(=O)[C@H](CC(C)C)NC(=O)OC(C)(C)C)=C(C)[C@@H]1C[C@H]3OC(=O)[C@H](OC(=O)C=C(C)C)[C@@H]24. The number of methoxy groups -OCH3 is 1. The number of nitrogens with one attached hydrogen (secondary N) is 1. The number of aliphatic hydroxyl groups is 2. The zero-order valence-corrected chi connectivity index (χ0v) is 31.4. The Morgan fingerprint density at radius 3 is 2.33 bits per heavy atom. The van der Waals surface area contributed by atoms with Crippen LogP contribution in [0.1, 0.15) is 81.6 Å². The molecule has 3 N–H and O–H groups in total. The summed E-state index contributed by atoms with van der Waals surface area (Å²) in [6.45, 7) is 15.1. The molecule has 1 unspecified atom stereocenters. The second kappa shape index (κ2) is 13.5. The molecule has 2 aliphatic heterocycles. The van der Waals surface area contributed by atoms with Crippen LogP contribution >= 0.6 is 0 Å². The fourth-order valence-electron chi connectivity index (χ4n) is 9.69. The van der Waals surface area contributed by atoms with Crippen LogP contribution < -0.4 is 5.32 Å². The number of Topliss-reactive ketones (excluding diaryl/α,β-unsaturated/α-hetero) is 1. The predicted molar refractivity (Wildman–Crippen MR) is 179 cm³/mol. The maximum Gasteiger partial charge on any atom is 0.408 e. The van der Waals surface area contributed by atoms with Crippen molar-refractivity contribution in [2.45, 2.75) is 123 Å². The minimum Gasteiger partial charge on any atom is -0.467 e. The number of esters is 4. The van der Waals surface area contributed by atoms with Gasteiger partial charge in [-0.3, -0.25) is 4.79 Å². The van der Waals surface area contributed by atoms with E-state index in [2.05, 4.69) is 5.32 Å². The van der Waals surface area contributed by atoms with E-state index in [-0.39, 0.29) is 37.5 Å². The number of fused-ring (bicyclic) bond motifs is 2. The highest BCUT2D eigenvalue weighted by Crippen LogP contribution is 2.73. The molecule has 0 aromatic heterocycles. The molecule has 288 valence electrons. The molecule has 11 atom stereocenters. The van der Waals surface area contributed by atoms with Gasteiger partial charge in [-0.15, -0.1) is 0 Å². The molecule has 2 saturated heterocycles. The van der Waals surface area contributed by atoms with Crippen molar-refractivity contribution in [3.63, 3.8) is 0 Å². The summed E-state index contributed by atoms with van der Waals surface area (Å²) in [6.07, 6.45) is -6.14. The Morgan fingerprint density at radius 2 is 1.75 bits per heavy atom. The van der Waals surface area contributed by atoms with Crippen molar-refractivity contribution >= 4 is 35.8 Å². The smallest absolute Gasteiger partial charge is 0.408 e. The van der Waals surface area contributed by atoms with Gasteiger partial charge in [0.2, 0.25) is 11.7 Å². The van der Waals surface area contributed by atoms with Gasteiger partial charge in [-0.2, -0.15) is 0 Å². The molecule has 3 aliphatic carbocycles. The van der Waals surface area contributed by atoms with Crippen molar-refractivity contribution in [2.75, 3.05) is 13.7 Å². The summed E-state index contributed by atoms with van der Waals surface area (Å²) in [5.74, 6) is -7.71. The maximum absolute atomic E-state index is 14.1. The molecule has 1 amide bonds. The van der Waals surface area contributed by atoms with E-state index in [0.29, 0.717) is 11.1 Å². The lowest BCUT2D eigenvalue weighted by Crippen LogP contribution is -2.79. The minimum atomic E-state index is -2.31. The predicted octanol–water partition coefficient (Wildman–Crippen LogP) is 2.44. The van der Waals surface area contributed by atoms with Crippen molar-refractivity contribution in [2.24, 2.45) is 34.5 Å². The molecule has 15 heteroatoms. The fraction of sp³-hybridized carbons (Fsp3) is 0.730. The summed E-state index contributed by atoms with van der Waals surface area (Å²) >= 11 is 0. The van der Waals surface area contributed by atoms with Gasteiger partial charge in [0, 0.05) is 23.8 Å². The largest absolute Gasteiger partial charge is 0.467 e. The van der Waals surface area contributed by atoms with E-state index in [9.17, 15) is 39.0 Å². The topological polar surface area (TPSA) is 210 Å². The number of alkyl carbamates (subject to hydrolysis) is 1. The molecule has 4 fully saturated rings. The highest BCUT2D eigenvalue weighted by molar-refractivity contribution is 5.99. The summed E-state index contributed by atoms with van der Waals surface area (Å²) in [5.41, 5.74) is -4.81. The third kappa shape index (κ3) is 6.21. The molecule has 5 aliphatic rings. The molecule has 5 rings (SSSR count). The van der Waals surface area contributed by atoms with E-state index in [0.717, 1.165) is 7.11 Å². The van der Waals surface area contributed by atoms with Crippen LogP contribution in [0.15, 0.2) is 23.0 Å². The Hall–Kier alpha value is -3.82. The lowest BCUT2D eigenvalue weighted by atomic mass is 9.38. The van der Waals surface area contributed by atoms with Crippen molar-refractivity contribution in [1.82, 2.24) is 5.32 Å². The molecule has 2 saturated carbocycles. The highest BCUT2D eigenvalue weighted by atomic mass is 16.6. The number of hydrogen-bond acceptors (Lipinski definition) is 14. The summed E-state index contributed by atoms with van der Waals surface area (Å²) in [7, 11) is 1.07. The van der Waals surface area contributed by atoms with Gasteiger partial charge in [-0.1, -0.05) is 26.3 Å². The number of amides is 1. The molecule has 2 bridgehead atoms. The Labute approximate surface area is 302 Å². The summed E-state index contributed by atoms with van der Waals surface area (Å²) in [6, 6.07) is -1.14. The number of rotatable bonds is 8. The first-order chi connectivity index (χ1) is 24.0. The van der Waals surface area contributed by atoms with Gasteiger partial charge in [-0.05, 0) is 77.2 Å². The summed E-state index contributed by atoms with van der Waals surface area (Å²) in [4.78, 5) is 80.7. The molecule has 52 heavy (non-hydrogen) atoms. The Kier molecular flexibility index (Phi) is 10.3. The van der Waals surface area contributed by atoms with Gasteiger partial charge in [0.1, 0.15) is 23.9 Å². The molecular formula is C37H51NO14. The first-order valence-electron chi connectivity index (χ1n) is 17.6. The fourth-order valence-corrected chi connectivity index (χ4v) is 9.69. The van der Waals surface area contributed by atoms with E-state index in [1.54, 1.807) is 48.5 Å². The van der Waals surface area contributed by atoms with Crippen molar-refractivity contribution < 1.29 is 67.4 Å². The Bertz CT molecular complexity index is 1600. The van der Waals surface area contributed by atoms with Crippen molar-refractivity contribution in [3.05, 3.63) is 23.0 Å². The van der Waals surface area contributed by atoms with Crippen LogP contribution in [0.2, 0.25) is 0 Å². The van der Waals surface area contributed by atoms with Crippen LogP contribution in [0.4, 0.5) is 4.79 Å². The molecule has 0 radical (unpaired) electrons. The second-order valence-electron chi connectivity index (χ2n) is 16.7. The zero-order valence-electron chi connectivity index (χ0n) is 31.4. The van der Waals surface area contributed by atoms with Crippen LogP contribution in [0.3, 0.4) is 0 Å². The van der Waals surface area contributed by atoms with Gasteiger partial charge in [0.15, 0.2) is 11.5 Å². The number of carbonyl (C=O) groups is 6. The quantitative estimate of drug-likeness (QED) is 0.186. The number of ketones is 1. The number of allylic oxidation sites excluding steroid dienone is 3. The minimum absolute atomic E-state index is 0.0496. The lowest BCUT2D eigenvalue weighted by molar-refractivity contribution is -0.290. The van der Waals surface area contributed by atoms with Crippen LogP contribution in [-0.4, -0.2) is 101 Å². The van der Waals surface area contributed by atoms with Gasteiger partial charge >= 0.3 is 30.0 Å². The number of hydrogen-bond donors (Lipinski definition) is 3. The van der Waals surface area contributed by atoms with Gasteiger partial charge in [0.05, 0.1) is 25.7 Å². The number of carbonyl (C=O) groups excluding carboxylic acids is 6. The van der Waals surface area contributed by atoms with Gasteiger partial charge in [0.25, 0.3) is 0 Å². The molecule has 15 nitrogen and oxygen atoms in total. The average Bonchev–Trinajstić information content (AvgIpc) is 3.31. The third-order valence-electron chi connectivity index (χ3n) is 11.3. The number of ether oxygens (including phenoxy) is 6. The number of aliphatic hydroxyl groups excluding tert-OH is 2. The van der Waals surface area contributed by atoms with E-state index >= 15 is 0 Å². The van der Waals surface area contributed by atoms with E-state index in [1.165, 1.54) is 6.08 Å². The maximum atomic E-state index is 14.1. The van der Waals surface area contributed by atoms with Crippen LogP contribution in [0.25, 0.3) is 0 Å². The molecular weight excluding hydrogens is 682 g/mol. The van der Waals surface area contributed by atoms with Crippen molar-refractivity contribution in [3.8, 4) is 0 Å². The summed E-state index contributed by atoms with van der Waals surface area (Å²) in [5, 5.41) is 26.4. The highest BCUT2D eigenvalue weighted by Gasteiger charge is 2.85. The molecule has 2 heterocycles. The first-order valence-corrected chi connectivity index (χ1v) is 17.6. The van der Waals surface area contributed by atoms with Crippen LogP contribution in [0.5, 0.6) is 0 Å². The molecule has 0 aromatic rings. The Morgan fingerprint density at radius 1 is 1.10 bits per heavy atom. The second-order valence-corrected chi connectivity index (χ2v) is 16.7. The summed E-state index contributed by atoms with van der Waals surface area (Å²) < 4.78 is 34.0. The van der Waals surface area contributed by atoms with E-state index < -0.39 is 106 Å². The molecule has 0 aromatic carbocycles. The van der Waals surface area contributed by atoms with Crippen molar-refractivity contribution in [1.29, 1.82) is 0 Å². The van der Waals surface area contributed by atoms with Crippen LogP contribution in [0, 0.1) is 34.5 Å². The first kappa shape index (κ1) is 39.4. The standard InChI is InChI=1S/C37H51NO14/c1-16(2)11-20(38-33(46)52-34(6,7)8)30(43)51-25-18(5)19-13-22-36-15-48-37(32(45)47-10,29(42)24(41)27(36)35(19,9)14-21(25)39)28(36)26(31(44)49-22)50-23(40)12-17(3)4/h12,16,19-20,22,24,26-29,41-42H,11,13-15H2,1-10H3,(H,38,46)/t19-,20-,22+,24+,26+,27?,28+,29-,35-,36+,37-/m0/s1. The van der Waals surface area contributed by atoms with Gasteiger partial charge in [-0.25, -0.2) is 24.0 Å².